The van der Waals surface area contributed by atoms with Crippen LogP contribution >= 0.6 is 0 Å². The summed E-state index contributed by atoms with van der Waals surface area (Å²) in [5.41, 5.74) is 1.27. The molecule has 0 unspecified atom stereocenters. The number of hydrogen-bond acceptors (Lipinski definition) is 4. The zero-order valence-corrected chi connectivity index (χ0v) is 15.4. The van der Waals surface area contributed by atoms with E-state index in [9.17, 15) is 9.59 Å². The Morgan fingerprint density at radius 3 is 2.68 bits per heavy atom. The second-order valence-corrected chi connectivity index (χ2v) is 6.61. The summed E-state index contributed by atoms with van der Waals surface area (Å²) in [5.74, 6) is -0.0688. The van der Waals surface area contributed by atoms with Gasteiger partial charge in [0.25, 0.3) is 5.91 Å². The second kappa shape index (κ2) is 10.2. The van der Waals surface area contributed by atoms with Crippen molar-refractivity contribution < 1.29 is 9.59 Å². The first-order valence-electron chi connectivity index (χ1n) is 9.12. The minimum absolute atomic E-state index is 0.0108. The average molecular weight is 346 g/mol. The van der Waals surface area contributed by atoms with Crippen molar-refractivity contribution in [3.63, 3.8) is 0 Å². The van der Waals surface area contributed by atoms with Gasteiger partial charge in [0.15, 0.2) is 0 Å². The Morgan fingerprint density at radius 1 is 1.20 bits per heavy atom. The molecule has 6 nitrogen and oxygen atoms in total. The Kier molecular flexibility index (Phi) is 7.88. The van der Waals surface area contributed by atoms with Gasteiger partial charge < -0.3 is 20.4 Å². The number of piperidine rings is 1. The van der Waals surface area contributed by atoms with Crippen molar-refractivity contribution in [2.45, 2.75) is 25.7 Å². The van der Waals surface area contributed by atoms with Gasteiger partial charge in [-0.25, -0.2) is 0 Å². The number of likely N-dealkylation sites (tertiary alicyclic amines) is 1. The Hall–Kier alpha value is -1.92. The number of benzene rings is 1. The number of carbonyl (C=O) groups is 2. The van der Waals surface area contributed by atoms with Crippen LogP contribution in [0.1, 0.15) is 36.0 Å². The van der Waals surface area contributed by atoms with Gasteiger partial charge in [0.05, 0.1) is 0 Å². The topological polar surface area (TPSA) is 64.7 Å². The van der Waals surface area contributed by atoms with Crippen molar-refractivity contribution in [2.24, 2.45) is 0 Å². The quantitative estimate of drug-likeness (QED) is 0.753. The molecule has 0 bridgehead atoms. The molecule has 0 saturated carbocycles. The highest BCUT2D eigenvalue weighted by atomic mass is 16.2. The van der Waals surface area contributed by atoms with E-state index < -0.39 is 0 Å². The molecule has 6 heteroatoms. The molecule has 2 N–H and O–H groups in total. The molecule has 1 aliphatic rings. The summed E-state index contributed by atoms with van der Waals surface area (Å²) in [5, 5.41) is 5.78. The summed E-state index contributed by atoms with van der Waals surface area (Å²) < 4.78 is 0. The number of nitrogens with zero attached hydrogens (tertiary/aromatic N) is 2. The fourth-order valence-electron chi connectivity index (χ4n) is 2.99. The zero-order chi connectivity index (χ0) is 18.1. The lowest BCUT2D eigenvalue weighted by molar-refractivity contribution is -0.116. The van der Waals surface area contributed by atoms with E-state index >= 15 is 0 Å². The predicted molar refractivity (Wildman–Crippen MR) is 101 cm³/mol. The molecule has 0 aliphatic carbocycles. The normalized spacial score (nSPS) is 15.0. The van der Waals surface area contributed by atoms with Crippen molar-refractivity contribution in [3.05, 3.63) is 29.8 Å². The van der Waals surface area contributed by atoms with Crippen LogP contribution in [0, 0.1) is 0 Å². The summed E-state index contributed by atoms with van der Waals surface area (Å²) in [6.07, 6.45) is 4.24. The van der Waals surface area contributed by atoms with Gasteiger partial charge in [-0.3, -0.25) is 9.59 Å². The summed E-state index contributed by atoms with van der Waals surface area (Å²) in [7, 11) is 3.65. The lowest BCUT2D eigenvalue weighted by Gasteiger charge is -2.28. The molecule has 25 heavy (non-hydrogen) atoms. The third-order valence-corrected chi connectivity index (χ3v) is 4.54. The second-order valence-electron chi connectivity index (χ2n) is 6.61. The Bertz CT molecular complexity index is 570. The van der Waals surface area contributed by atoms with Crippen molar-refractivity contribution in [1.29, 1.82) is 0 Å². The van der Waals surface area contributed by atoms with Crippen LogP contribution in [0.4, 0.5) is 5.69 Å². The number of amides is 2. The summed E-state index contributed by atoms with van der Waals surface area (Å²) in [6.45, 7) is 4.54. The van der Waals surface area contributed by atoms with Crippen molar-refractivity contribution in [3.8, 4) is 0 Å². The molecular formula is C19H30N4O2. The number of likely N-dealkylation sites (N-methyl/N-ethyl adjacent to an activating group) is 1. The van der Waals surface area contributed by atoms with Gasteiger partial charge >= 0.3 is 0 Å². The van der Waals surface area contributed by atoms with Gasteiger partial charge in [-0.1, -0.05) is 12.5 Å². The number of rotatable bonds is 8. The highest BCUT2D eigenvalue weighted by molar-refractivity contribution is 5.97. The zero-order valence-electron chi connectivity index (χ0n) is 15.4. The standard InChI is InChI=1S/C19H30N4O2/c1-20-10-9-18(24)21-17-8-6-7-16(15-17)19(25)22(2)13-14-23-11-4-3-5-12-23/h6-8,15,20H,3-5,9-14H2,1-2H3,(H,21,24). The monoisotopic (exact) mass is 346 g/mol. The Labute approximate surface area is 150 Å². The van der Waals surface area contributed by atoms with E-state index in [0.29, 0.717) is 24.2 Å². The largest absolute Gasteiger partial charge is 0.340 e. The third kappa shape index (κ3) is 6.48. The molecule has 1 aliphatic heterocycles. The average Bonchev–Trinajstić information content (AvgIpc) is 2.65. The first-order valence-corrected chi connectivity index (χ1v) is 9.12. The minimum Gasteiger partial charge on any atom is -0.340 e. The van der Waals surface area contributed by atoms with Gasteiger partial charge in [-0.2, -0.15) is 0 Å². The van der Waals surface area contributed by atoms with Gasteiger partial charge in [0.1, 0.15) is 0 Å². The molecule has 0 radical (unpaired) electrons. The van der Waals surface area contributed by atoms with E-state index in [-0.39, 0.29) is 11.8 Å². The van der Waals surface area contributed by atoms with Crippen LogP contribution in [0.2, 0.25) is 0 Å². The van der Waals surface area contributed by atoms with Crippen LogP contribution in [0.15, 0.2) is 24.3 Å². The van der Waals surface area contributed by atoms with Crippen LogP contribution in [0.5, 0.6) is 0 Å². The molecule has 0 aromatic heterocycles. The molecule has 2 rings (SSSR count). The van der Waals surface area contributed by atoms with Gasteiger partial charge in [0.2, 0.25) is 5.91 Å². The van der Waals surface area contributed by atoms with E-state index in [1.807, 2.05) is 20.2 Å². The fourth-order valence-corrected chi connectivity index (χ4v) is 2.99. The molecule has 0 spiro atoms. The molecule has 1 aromatic carbocycles. The van der Waals surface area contributed by atoms with E-state index in [1.54, 1.807) is 23.1 Å². The van der Waals surface area contributed by atoms with Crippen LogP contribution < -0.4 is 10.6 Å². The highest BCUT2D eigenvalue weighted by Gasteiger charge is 2.15. The van der Waals surface area contributed by atoms with Crippen LogP contribution in [-0.4, -0.2) is 68.4 Å². The third-order valence-electron chi connectivity index (χ3n) is 4.54. The van der Waals surface area contributed by atoms with Gasteiger partial charge in [-0.15, -0.1) is 0 Å². The fraction of sp³-hybridized carbons (Fsp3) is 0.579. The summed E-state index contributed by atoms with van der Waals surface area (Å²) >= 11 is 0. The van der Waals surface area contributed by atoms with E-state index in [1.165, 1.54) is 19.3 Å². The van der Waals surface area contributed by atoms with Crippen molar-refractivity contribution >= 4 is 17.5 Å². The Balaban J connectivity index is 1.87. The van der Waals surface area contributed by atoms with Crippen LogP contribution in [0.25, 0.3) is 0 Å². The van der Waals surface area contributed by atoms with E-state index in [2.05, 4.69) is 15.5 Å². The highest BCUT2D eigenvalue weighted by Crippen LogP contribution is 2.13. The molecule has 0 atom stereocenters. The molecule has 138 valence electrons. The SMILES string of the molecule is CNCCC(=O)Nc1cccc(C(=O)N(C)CCN2CCCCC2)c1. The molecule has 1 heterocycles. The molecule has 1 fully saturated rings. The molecule has 1 aromatic rings. The predicted octanol–water partition coefficient (Wildman–Crippen LogP) is 1.79. The van der Waals surface area contributed by atoms with Crippen molar-refractivity contribution in [1.82, 2.24) is 15.1 Å². The number of anilines is 1. The van der Waals surface area contributed by atoms with Gasteiger partial charge in [-0.05, 0) is 51.2 Å². The lowest BCUT2D eigenvalue weighted by atomic mass is 10.1. The first kappa shape index (κ1) is 19.4. The maximum atomic E-state index is 12.6. The van der Waals surface area contributed by atoms with Crippen LogP contribution in [0.3, 0.4) is 0 Å². The molecule has 2 amide bonds. The Morgan fingerprint density at radius 2 is 1.96 bits per heavy atom. The smallest absolute Gasteiger partial charge is 0.253 e. The maximum absolute atomic E-state index is 12.6. The van der Waals surface area contributed by atoms with Crippen molar-refractivity contribution in [2.75, 3.05) is 52.1 Å². The van der Waals surface area contributed by atoms with Gasteiger partial charge in [0, 0.05) is 44.4 Å². The van der Waals surface area contributed by atoms with E-state index in [4.69, 9.17) is 0 Å². The summed E-state index contributed by atoms with van der Waals surface area (Å²) in [4.78, 5) is 28.6. The number of nitrogens with one attached hydrogen (secondary N) is 2. The molecular weight excluding hydrogens is 316 g/mol. The minimum atomic E-state index is -0.0580. The lowest BCUT2D eigenvalue weighted by Crippen LogP contribution is -2.38. The van der Waals surface area contributed by atoms with E-state index in [0.717, 1.165) is 26.2 Å². The van der Waals surface area contributed by atoms with Crippen LogP contribution in [-0.2, 0) is 4.79 Å². The summed E-state index contributed by atoms with van der Waals surface area (Å²) in [6, 6.07) is 7.15. The maximum Gasteiger partial charge on any atom is 0.253 e. The number of hydrogen-bond donors (Lipinski definition) is 2. The number of carbonyl (C=O) groups excluding carboxylic acids is 2. The molecule has 1 saturated heterocycles. The first-order chi connectivity index (χ1) is 12.1.